The van der Waals surface area contributed by atoms with E-state index >= 15 is 0 Å². The molecule has 0 saturated carbocycles. The van der Waals surface area contributed by atoms with Crippen molar-refractivity contribution in [1.82, 2.24) is 20.5 Å². The molecule has 8 nitrogen and oxygen atoms in total. The minimum atomic E-state index is -0.738. The molecule has 2 amide bonds. The Morgan fingerprint density at radius 1 is 1.31 bits per heavy atom. The van der Waals surface area contributed by atoms with Crippen molar-refractivity contribution in [3.05, 3.63) is 24.0 Å². The van der Waals surface area contributed by atoms with E-state index in [2.05, 4.69) is 20.5 Å². The molecule has 0 aliphatic carbocycles. The van der Waals surface area contributed by atoms with E-state index in [4.69, 9.17) is 4.74 Å². The summed E-state index contributed by atoms with van der Waals surface area (Å²) < 4.78 is 5.66. The van der Waals surface area contributed by atoms with Crippen molar-refractivity contribution < 1.29 is 19.1 Å². The number of carbonyl (C=O) groups excluding carboxylic acids is 3. The lowest BCUT2D eigenvalue weighted by atomic mass is 9.87. The molecule has 0 aromatic carbocycles. The topological polar surface area (TPSA) is 104 Å². The number of hydrogen-bond donors (Lipinski definition) is 3. The van der Waals surface area contributed by atoms with Crippen LogP contribution in [0, 0.1) is 5.41 Å². The van der Waals surface area contributed by atoms with Crippen LogP contribution in [0.5, 0.6) is 0 Å². The van der Waals surface area contributed by atoms with E-state index in [1.165, 1.54) is 0 Å². The number of Topliss-reactive ketones (excluding diaryl/α,β-unsaturated/α-hetero) is 1. The number of rotatable bonds is 7. The van der Waals surface area contributed by atoms with Gasteiger partial charge < -0.3 is 25.3 Å². The molecular weight excluding hydrogens is 372 g/mol. The Kier molecular flexibility index (Phi) is 6.74. The first-order valence-electron chi connectivity index (χ1n) is 10.3. The van der Waals surface area contributed by atoms with Gasteiger partial charge in [-0.3, -0.25) is 14.4 Å². The standard InChI is InChI=1S/C21H32N4O4/c1-21(2,3)10-15(23-19(27)14-6-7-22-11-14)20(28)24-18-16(26)13-29-17(18)12-25-8-4-5-9-25/h6-7,11,15,17-18,22H,4-5,8-10,12-13H2,1-3H3,(H,23,27)(H,24,28)/t15-,17?,18?/m0/s1. The van der Waals surface area contributed by atoms with E-state index in [1.807, 2.05) is 20.8 Å². The first kappa shape index (κ1) is 21.5. The maximum absolute atomic E-state index is 13.1. The summed E-state index contributed by atoms with van der Waals surface area (Å²) in [5, 5.41) is 5.68. The smallest absolute Gasteiger partial charge is 0.253 e. The quantitative estimate of drug-likeness (QED) is 0.631. The number of nitrogens with zero attached hydrogens (tertiary/aromatic N) is 1. The van der Waals surface area contributed by atoms with Crippen molar-refractivity contribution in [2.75, 3.05) is 26.2 Å². The Balaban J connectivity index is 1.66. The molecule has 0 spiro atoms. The maximum Gasteiger partial charge on any atom is 0.253 e. The lowest BCUT2D eigenvalue weighted by Crippen LogP contribution is -2.55. The van der Waals surface area contributed by atoms with E-state index in [-0.39, 0.29) is 35.7 Å². The van der Waals surface area contributed by atoms with Crippen molar-refractivity contribution in [2.24, 2.45) is 5.41 Å². The number of ether oxygens (including phenoxy) is 1. The Morgan fingerprint density at radius 2 is 2.03 bits per heavy atom. The van der Waals surface area contributed by atoms with Crippen LogP contribution in [0.4, 0.5) is 0 Å². The minimum absolute atomic E-state index is 0.0170. The SMILES string of the molecule is CC(C)(C)C[C@H](NC(=O)c1cc[nH]c1)C(=O)NC1C(=O)COC1CN1CCCC1. The van der Waals surface area contributed by atoms with Crippen molar-refractivity contribution in [1.29, 1.82) is 0 Å². The maximum atomic E-state index is 13.1. The molecular formula is C21H32N4O4. The van der Waals surface area contributed by atoms with E-state index in [0.29, 0.717) is 18.5 Å². The number of ketones is 1. The molecule has 3 rings (SSSR count). The molecule has 1 aromatic rings. The number of aromatic amines is 1. The van der Waals surface area contributed by atoms with Crippen LogP contribution in [0.1, 0.15) is 50.4 Å². The second-order valence-electron chi connectivity index (χ2n) is 9.20. The van der Waals surface area contributed by atoms with Crippen LogP contribution in [-0.4, -0.2) is 71.9 Å². The van der Waals surface area contributed by atoms with Gasteiger partial charge in [0.1, 0.15) is 18.7 Å². The highest BCUT2D eigenvalue weighted by Crippen LogP contribution is 2.22. The summed E-state index contributed by atoms with van der Waals surface area (Å²) in [4.78, 5) is 43.0. The van der Waals surface area contributed by atoms with E-state index in [9.17, 15) is 14.4 Å². The summed E-state index contributed by atoms with van der Waals surface area (Å²) in [6.45, 7) is 8.67. The molecule has 8 heteroatoms. The number of likely N-dealkylation sites (tertiary alicyclic amines) is 1. The van der Waals surface area contributed by atoms with Gasteiger partial charge in [0.2, 0.25) is 5.91 Å². The highest BCUT2D eigenvalue weighted by Gasteiger charge is 2.40. The van der Waals surface area contributed by atoms with Gasteiger partial charge in [0.15, 0.2) is 5.78 Å². The van der Waals surface area contributed by atoms with E-state index in [1.54, 1.807) is 18.5 Å². The van der Waals surface area contributed by atoms with Gasteiger partial charge in [0, 0.05) is 18.9 Å². The summed E-state index contributed by atoms with van der Waals surface area (Å²) >= 11 is 0. The van der Waals surface area contributed by atoms with Crippen molar-refractivity contribution in [3.63, 3.8) is 0 Å². The molecule has 3 heterocycles. The average molecular weight is 405 g/mol. The van der Waals surface area contributed by atoms with Crippen LogP contribution >= 0.6 is 0 Å². The Hall–Kier alpha value is -2.19. The molecule has 160 valence electrons. The average Bonchev–Trinajstić information content (AvgIpc) is 3.39. The summed E-state index contributed by atoms with van der Waals surface area (Å²) in [6, 6.07) is 0.245. The summed E-state index contributed by atoms with van der Waals surface area (Å²) in [5.74, 6) is -0.786. The number of carbonyl (C=O) groups is 3. The summed E-state index contributed by atoms with van der Waals surface area (Å²) in [5.41, 5.74) is 0.280. The van der Waals surface area contributed by atoms with Gasteiger partial charge in [0.05, 0.1) is 11.7 Å². The fraction of sp³-hybridized carbons (Fsp3) is 0.667. The number of nitrogens with one attached hydrogen (secondary N) is 3. The molecule has 2 fully saturated rings. The molecule has 0 bridgehead atoms. The predicted octanol–water partition coefficient (Wildman–Crippen LogP) is 1.10. The lowest BCUT2D eigenvalue weighted by Gasteiger charge is -2.28. The predicted molar refractivity (Wildman–Crippen MR) is 108 cm³/mol. The van der Waals surface area contributed by atoms with Crippen LogP contribution < -0.4 is 10.6 Å². The van der Waals surface area contributed by atoms with Gasteiger partial charge in [-0.25, -0.2) is 0 Å². The zero-order valence-electron chi connectivity index (χ0n) is 17.5. The van der Waals surface area contributed by atoms with E-state index < -0.39 is 12.1 Å². The Labute approximate surface area is 171 Å². The first-order chi connectivity index (χ1) is 13.7. The van der Waals surface area contributed by atoms with Crippen LogP contribution in [0.15, 0.2) is 18.5 Å². The van der Waals surface area contributed by atoms with Crippen LogP contribution in [0.25, 0.3) is 0 Å². The first-order valence-corrected chi connectivity index (χ1v) is 10.3. The van der Waals surface area contributed by atoms with Gasteiger partial charge >= 0.3 is 0 Å². The van der Waals surface area contributed by atoms with Crippen molar-refractivity contribution >= 4 is 17.6 Å². The molecule has 3 atom stereocenters. The zero-order valence-corrected chi connectivity index (χ0v) is 17.5. The van der Waals surface area contributed by atoms with Crippen LogP contribution in [-0.2, 0) is 14.3 Å². The molecule has 29 heavy (non-hydrogen) atoms. The van der Waals surface area contributed by atoms with Gasteiger partial charge in [-0.1, -0.05) is 20.8 Å². The van der Waals surface area contributed by atoms with Crippen molar-refractivity contribution in [3.8, 4) is 0 Å². The molecule has 2 aliphatic heterocycles. The zero-order chi connectivity index (χ0) is 21.0. The molecule has 2 unspecified atom stereocenters. The van der Waals surface area contributed by atoms with Gasteiger partial charge in [-0.15, -0.1) is 0 Å². The van der Waals surface area contributed by atoms with Gasteiger partial charge in [-0.2, -0.15) is 0 Å². The van der Waals surface area contributed by atoms with Crippen molar-refractivity contribution in [2.45, 2.75) is 58.2 Å². The number of aromatic nitrogens is 1. The van der Waals surface area contributed by atoms with Gasteiger partial charge in [-0.05, 0) is 43.8 Å². The number of H-pyrrole nitrogens is 1. The Bertz CT molecular complexity index is 720. The van der Waals surface area contributed by atoms with Gasteiger partial charge in [0.25, 0.3) is 5.91 Å². The lowest BCUT2D eigenvalue weighted by molar-refractivity contribution is -0.128. The summed E-state index contributed by atoms with van der Waals surface area (Å²) in [6.07, 6.45) is 5.65. The Morgan fingerprint density at radius 3 is 2.66 bits per heavy atom. The largest absolute Gasteiger partial charge is 0.367 e. The monoisotopic (exact) mass is 404 g/mol. The van der Waals surface area contributed by atoms with Crippen LogP contribution in [0.3, 0.4) is 0 Å². The number of amides is 2. The molecule has 3 N–H and O–H groups in total. The third kappa shape index (κ3) is 5.90. The highest BCUT2D eigenvalue weighted by atomic mass is 16.5. The third-order valence-electron chi connectivity index (χ3n) is 5.39. The third-order valence-corrected chi connectivity index (χ3v) is 5.39. The number of hydrogen-bond acceptors (Lipinski definition) is 5. The molecule has 1 aromatic heterocycles. The second kappa shape index (κ2) is 9.09. The fourth-order valence-electron chi connectivity index (χ4n) is 3.92. The van der Waals surface area contributed by atoms with Crippen LogP contribution in [0.2, 0.25) is 0 Å². The molecule has 0 radical (unpaired) electrons. The second-order valence-corrected chi connectivity index (χ2v) is 9.20. The molecule has 2 saturated heterocycles. The summed E-state index contributed by atoms with van der Waals surface area (Å²) in [7, 11) is 0. The fourth-order valence-corrected chi connectivity index (χ4v) is 3.92. The van der Waals surface area contributed by atoms with E-state index in [0.717, 1.165) is 25.9 Å². The molecule has 2 aliphatic rings. The highest BCUT2D eigenvalue weighted by molar-refractivity contribution is 5.98. The normalized spacial score (nSPS) is 23.9. The minimum Gasteiger partial charge on any atom is -0.367 e.